The van der Waals surface area contributed by atoms with Crippen molar-refractivity contribution in [2.75, 3.05) is 26.0 Å². The van der Waals surface area contributed by atoms with Crippen LogP contribution < -0.4 is 10.6 Å². The third kappa shape index (κ3) is 4.43. The first kappa shape index (κ1) is 16.7. The number of furan rings is 1. The van der Waals surface area contributed by atoms with Crippen LogP contribution in [0, 0.1) is 5.82 Å². The van der Waals surface area contributed by atoms with E-state index in [-0.39, 0.29) is 11.1 Å². The molecule has 1 heterocycles. The van der Waals surface area contributed by atoms with Crippen LogP contribution >= 0.6 is 23.8 Å². The average Bonchev–Trinajstić information content (AvgIpc) is 2.97. The second kappa shape index (κ2) is 7.58. The quantitative estimate of drug-likeness (QED) is 0.812. The van der Waals surface area contributed by atoms with E-state index < -0.39 is 5.82 Å². The number of nitrogens with one attached hydrogen (secondary N) is 2. The molecule has 1 atom stereocenters. The fourth-order valence-electron chi connectivity index (χ4n) is 1.96. The summed E-state index contributed by atoms with van der Waals surface area (Å²) in [5.74, 6) is 0.390. The van der Waals surface area contributed by atoms with Gasteiger partial charge in [0.05, 0.1) is 17.3 Å². The molecule has 2 N–H and O–H groups in total. The molecular formula is C15H17ClFN3OS. The predicted molar refractivity (Wildman–Crippen MR) is 90.8 cm³/mol. The molecule has 0 fully saturated rings. The number of hydrogen-bond donors (Lipinski definition) is 2. The van der Waals surface area contributed by atoms with Gasteiger partial charge in [0.15, 0.2) is 5.11 Å². The Bertz CT molecular complexity index is 634. The molecule has 2 rings (SSSR count). The summed E-state index contributed by atoms with van der Waals surface area (Å²) in [5.41, 5.74) is 0.628. The molecule has 4 nitrogen and oxygen atoms in total. The molecule has 22 heavy (non-hydrogen) atoms. The Hall–Kier alpha value is -1.63. The van der Waals surface area contributed by atoms with E-state index in [1.807, 2.05) is 31.1 Å². The average molecular weight is 342 g/mol. The molecule has 0 aliphatic rings. The number of nitrogens with zero attached hydrogens (tertiary/aromatic N) is 1. The van der Waals surface area contributed by atoms with Gasteiger partial charge in [0.2, 0.25) is 0 Å². The molecule has 2 aromatic rings. The molecule has 0 saturated carbocycles. The zero-order valence-corrected chi connectivity index (χ0v) is 13.8. The van der Waals surface area contributed by atoms with E-state index in [4.69, 9.17) is 28.2 Å². The summed E-state index contributed by atoms with van der Waals surface area (Å²) in [5, 5.41) is 6.57. The lowest BCUT2D eigenvalue weighted by Crippen LogP contribution is -2.36. The van der Waals surface area contributed by atoms with Crippen LogP contribution in [0.3, 0.4) is 0 Å². The molecule has 0 amide bonds. The number of likely N-dealkylation sites (N-methyl/N-ethyl adjacent to an activating group) is 1. The van der Waals surface area contributed by atoms with Gasteiger partial charge in [-0.15, -0.1) is 0 Å². The third-order valence-corrected chi connectivity index (χ3v) is 3.66. The van der Waals surface area contributed by atoms with Gasteiger partial charge in [-0.2, -0.15) is 0 Å². The summed E-state index contributed by atoms with van der Waals surface area (Å²) in [4.78, 5) is 2.03. The Balaban J connectivity index is 1.92. The molecule has 1 aromatic heterocycles. The van der Waals surface area contributed by atoms with Gasteiger partial charge >= 0.3 is 0 Å². The Labute approximate surface area is 139 Å². The predicted octanol–water partition coefficient (Wildman–Crippen LogP) is 3.66. The summed E-state index contributed by atoms with van der Waals surface area (Å²) < 4.78 is 18.5. The zero-order valence-electron chi connectivity index (χ0n) is 12.3. The molecular weight excluding hydrogens is 325 g/mol. The first-order valence-corrected chi connectivity index (χ1v) is 7.45. The van der Waals surface area contributed by atoms with Crippen LogP contribution in [0.2, 0.25) is 5.02 Å². The molecule has 7 heteroatoms. The maximum atomic E-state index is 13.1. The molecule has 118 valence electrons. The minimum absolute atomic E-state index is 0.0477. The molecule has 0 bridgehead atoms. The number of halogens is 2. The lowest BCUT2D eigenvalue weighted by molar-refractivity contribution is 0.259. The summed E-state index contributed by atoms with van der Waals surface area (Å²) in [6.45, 7) is 0.571. The SMILES string of the molecule is CN(C)[C@H](CNC(=S)Nc1ccc(F)c(Cl)c1)c1ccco1. The lowest BCUT2D eigenvalue weighted by atomic mass is 10.2. The number of hydrogen-bond acceptors (Lipinski definition) is 3. The van der Waals surface area contributed by atoms with Crippen molar-refractivity contribution in [1.29, 1.82) is 0 Å². The molecule has 0 radical (unpaired) electrons. The van der Waals surface area contributed by atoms with Gasteiger partial charge < -0.3 is 15.1 Å². The number of thiocarbonyl (C=S) groups is 1. The molecule has 0 aliphatic carbocycles. The highest BCUT2D eigenvalue weighted by Crippen LogP contribution is 2.20. The van der Waals surface area contributed by atoms with Gasteiger partial charge in [0.1, 0.15) is 11.6 Å². The fourth-order valence-corrected chi connectivity index (χ4v) is 2.34. The van der Waals surface area contributed by atoms with Crippen LogP contribution in [0.4, 0.5) is 10.1 Å². The highest BCUT2D eigenvalue weighted by Gasteiger charge is 2.17. The lowest BCUT2D eigenvalue weighted by Gasteiger charge is -2.23. The van der Waals surface area contributed by atoms with Crippen LogP contribution in [-0.4, -0.2) is 30.7 Å². The van der Waals surface area contributed by atoms with E-state index in [0.717, 1.165) is 5.76 Å². The fraction of sp³-hybridized carbons (Fsp3) is 0.267. The van der Waals surface area contributed by atoms with Crippen LogP contribution in [0.5, 0.6) is 0 Å². The van der Waals surface area contributed by atoms with Crippen LogP contribution in [-0.2, 0) is 0 Å². The van der Waals surface area contributed by atoms with Crippen molar-refractivity contribution < 1.29 is 8.81 Å². The Morgan fingerprint density at radius 3 is 2.77 bits per heavy atom. The topological polar surface area (TPSA) is 40.4 Å². The van der Waals surface area contributed by atoms with E-state index in [2.05, 4.69) is 10.6 Å². The van der Waals surface area contributed by atoms with E-state index in [1.165, 1.54) is 12.1 Å². The Morgan fingerprint density at radius 1 is 1.41 bits per heavy atom. The molecule has 0 saturated heterocycles. The van der Waals surface area contributed by atoms with E-state index in [1.54, 1.807) is 12.3 Å². The van der Waals surface area contributed by atoms with Gasteiger partial charge in [-0.05, 0) is 56.6 Å². The van der Waals surface area contributed by atoms with Crippen LogP contribution in [0.25, 0.3) is 0 Å². The van der Waals surface area contributed by atoms with E-state index >= 15 is 0 Å². The second-order valence-corrected chi connectivity index (χ2v) is 5.77. The van der Waals surface area contributed by atoms with Crippen LogP contribution in [0.1, 0.15) is 11.8 Å². The van der Waals surface area contributed by atoms with Gasteiger partial charge in [-0.3, -0.25) is 4.90 Å². The molecule has 0 unspecified atom stereocenters. The number of benzene rings is 1. The van der Waals surface area contributed by atoms with Crippen molar-refractivity contribution in [3.8, 4) is 0 Å². The summed E-state index contributed by atoms with van der Waals surface area (Å²) in [6, 6.07) is 8.17. The third-order valence-electron chi connectivity index (χ3n) is 3.13. The van der Waals surface area contributed by atoms with Gasteiger partial charge in [0.25, 0.3) is 0 Å². The van der Waals surface area contributed by atoms with Crippen molar-refractivity contribution in [3.05, 3.63) is 53.2 Å². The van der Waals surface area contributed by atoms with Crippen molar-refractivity contribution in [3.63, 3.8) is 0 Å². The van der Waals surface area contributed by atoms with Crippen molar-refractivity contribution in [2.45, 2.75) is 6.04 Å². The standard InChI is InChI=1S/C15H17ClFN3OS/c1-20(2)13(14-4-3-7-21-14)9-18-15(22)19-10-5-6-12(17)11(16)8-10/h3-8,13H,9H2,1-2H3,(H2,18,19,22)/t13-/m1/s1. The van der Waals surface area contributed by atoms with Gasteiger partial charge in [0, 0.05) is 12.2 Å². The smallest absolute Gasteiger partial charge is 0.170 e. The summed E-state index contributed by atoms with van der Waals surface area (Å²) >= 11 is 11.0. The molecule has 0 aliphatic heterocycles. The second-order valence-electron chi connectivity index (χ2n) is 4.96. The van der Waals surface area contributed by atoms with Gasteiger partial charge in [-0.25, -0.2) is 4.39 Å². The van der Waals surface area contributed by atoms with Gasteiger partial charge in [-0.1, -0.05) is 11.6 Å². The van der Waals surface area contributed by atoms with Crippen molar-refractivity contribution >= 4 is 34.6 Å². The summed E-state index contributed by atoms with van der Waals surface area (Å²) in [7, 11) is 3.93. The Morgan fingerprint density at radius 2 is 2.18 bits per heavy atom. The number of anilines is 1. The monoisotopic (exact) mass is 341 g/mol. The van der Waals surface area contributed by atoms with Crippen molar-refractivity contribution in [1.82, 2.24) is 10.2 Å². The molecule has 1 aromatic carbocycles. The van der Waals surface area contributed by atoms with Crippen LogP contribution in [0.15, 0.2) is 41.0 Å². The highest BCUT2D eigenvalue weighted by molar-refractivity contribution is 7.80. The maximum absolute atomic E-state index is 13.1. The number of rotatable bonds is 5. The largest absolute Gasteiger partial charge is 0.468 e. The zero-order chi connectivity index (χ0) is 16.1. The molecule has 0 spiro atoms. The maximum Gasteiger partial charge on any atom is 0.170 e. The normalized spacial score (nSPS) is 12.2. The Kier molecular flexibility index (Phi) is 5.76. The minimum atomic E-state index is -0.461. The first-order valence-electron chi connectivity index (χ1n) is 6.67. The highest BCUT2D eigenvalue weighted by atomic mass is 35.5. The van der Waals surface area contributed by atoms with E-state index in [9.17, 15) is 4.39 Å². The minimum Gasteiger partial charge on any atom is -0.468 e. The van der Waals surface area contributed by atoms with E-state index in [0.29, 0.717) is 17.3 Å². The first-order chi connectivity index (χ1) is 10.5. The van der Waals surface area contributed by atoms with Crippen molar-refractivity contribution in [2.24, 2.45) is 0 Å². The summed E-state index contributed by atoms with van der Waals surface area (Å²) in [6.07, 6.45) is 1.64.